The van der Waals surface area contributed by atoms with Crippen LogP contribution in [0.3, 0.4) is 0 Å². The summed E-state index contributed by atoms with van der Waals surface area (Å²) in [5.41, 5.74) is 0.893. The van der Waals surface area contributed by atoms with E-state index in [-0.39, 0.29) is 17.8 Å². The Morgan fingerprint density at radius 1 is 0.941 bits per heavy atom. The van der Waals surface area contributed by atoms with Crippen molar-refractivity contribution in [2.24, 2.45) is 11.8 Å². The largest absolute Gasteiger partial charge is 0.482 e. The Hall–Kier alpha value is -0.925. The van der Waals surface area contributed by atoms with Crippen LogP contribution in [-0.2, 0) is 0 Å². The van der Waals surface area contributed by atoms with E-state index in [1.807, 2.05) is 30.3 Å². The van der Waals surface area contributed by atoms with Crippen LogP contribution in [0.15, 0.2) is 30.3 Å². The van der Waals surface area contributed by atoms with Gasteiger partial charge in [0.05, 0.1) is 0 Å². The number of halogens is 3. The molecule has 2 bridgehead atoms. The van der Waals surface area contributed by atoms with E-state index < -0.39 is 12.8 Å². The molecule has 4 atom stereocenters. The molecule has 0 aromatic heterocycles. The highest BCUT2D eigenvalue weighted by Gasteiger charge is 2.55. The van der Waals surface area contributed by atoms with Crippen molar-refractivity contribution in [1.82, 2.24) is 0 Å². The number of hydrogen-bond donors (Lipinski definition) is 0. The van der Waals surface area contributed by atoms with Gasteiger partial charge in [-0.25, -0.2) is 0 Å². The molecule has 2 saturated carbocycles. The summed E-state index contributed by atoms with van der Waals surface area (Å²) in [4.78, 5) is 0. The fraction of sp³-hybridized carbons (Fsp3) is 0.538. The molecule has 92 valence electrons. The first-order valence-corrected chi connectivity index (χ1v) is 6.32. The molecule has 0 radical (unpaired) electrons. The summed E-state index contributed by atoms with van der Waals surface area (Å²) >= 11 is 0. The molecule has 0 amide bonds. The first-order chi connectivity index (χ1) is 8.07. The third-order valence-electron chi connectivity index (χ3n) is 4.60. The first-order valence-electron chi connectivity index (χ1n) is 6.32. The van der Waals surface area contributed by atoms with Crippen molar-refractivity contribution >= 4 is 6.98 Å². The highest BCUT2D eigenvalue weighted by atomic mass is 19.4. The second-order valence-corrected chi connectivity index (χ2v) is 5.47. The summed E-state index contributed by atoms with van der Waals surface area (Å²) in [5.74, 6) is -1.16. The molecule has 3 rings (SSSR count). The van der Waals surface area contributed by atoms with Gasteiger partial charge in [0.25, 0.3) is 0 Å². The van der Waals surface area contributed by atoms with Crippen LogP contribution in [0.4, 0.5) is 12.9 Å². The predicted molar refractivity (Wildman–Crippen MR) is 62.8 cm³/mol. The van der Waals surface area contributed by atoms with Crippen molar-refractivity contribution in [3.8, 4) is 0 Å². The second kappa shape index (κ2) is 3.79. The quantitative estimate of drug-likeness (QED) is 0.670. The molecule has 2 aliphatic carbocycles. The van der Waals surface area contributed by atoms with Crippen LogP contribution in [0, 0.1) is 11.8 Å². The molecule has 1 aromatic carbocycles. The molecule has 17 heavy (non-hydrogen) atoms. The molecule has 1 aromatic rings. The summed E-state index contributed by atoms with van der Waals surface area (Å²) < 4.78 is 39.6. The molecular weight excluding hydrogens is 224 g/mol. The zero-order valence-electron chi connectivity index (χ0n) is 9.53. The zero-order chi connectivity index (χ0) is 12.0. The van der Waals surface area contributed by atoms with Gasteiger partial charge < -0.3 is 12.9 Å². The average Bonchev–Trinajstić information content (AvgIpc) is 2.88. The third kappa shape index (κ3) is 1.78. The van der Waals surface area contributed by atoms with Gasteiger partial charge in [-0.2, -0.15) is 0 Å². The van der Waals surface area contributed by atoms with E-state index in [0.717, 1.165) is 24.8 Å². The maximum Gasteiger partial charge on any atom is 0.482 e. The van der Waals surface area contributed by atoms with Crippen molar-refractivity contribution in [2.45, 2.75) is 31.0 Å². The summed E-state index contributed by atoms with van der Waals surface area (Å²) in [6.45, 7) is -4.71. The predicted octanol–water partition coefficient (Wildman–Crippen LogP) is 4.42. The van der Waals surface area contributed by atoms with Crippen LogP contribution in [-0.4, -0.2) is 6.98 Å². The van der Waals surface area contributed by atoms with E-state index in [9.17, 15) is 12.9 Å². The minimum atomic E-state index is -4.71. The van der Waals surface area contributed by atoms with Gasteiger partial charge in [0.15, 0.2) is 0 Å². The van der Waals surface area contributed by atoms with Crippen molar-refractivity contribution < 1.29 is 12.9 Å². The second-order valence-electron chi connectivity index (χ2n) is 5.47. The van der Waals surface area contributed by atoms with Crippen LogP contribution in [0.1, 0.15) is 30.7 Å². The standard InChI is InChI=1S/C13H15BF3/c15-14(16,17)13-11-7-6-10(8-11)12(13)9-4-2-1-3-5-9/h1-5,10-13H,6-8H2/q-1/t10-,11-,12+,13+/m0/s1. The normalized spacial score (nSPS) is 36.4. The molecule has 0 unspecified atom stereocenters. The Balaban J connectivity index is 1.97. The molecule has 0 nitrogen and oxygen atoms in total. The molecule has 0 heterocycles. The Morgan fingerprint density at radius 2 is 1.59 bits per heavy atom. The van der Waals surface area contributed by atoms with Gasteiger partial charge >= 0.3 is 6.98 Å². The molecular formula is C13H15BF3-. The summed E-state index contributed by atoms with van der Waals surface area (Å²) in [5, 5.41) is 0. The van der Waals surface area contributed by atoms with E-state index in [1.54, 1.807) is 0 Å². The summed E-state index contributed by atoms with van der Waals surface area (Å²) in [6, 6.07) is 9.29. The lowest BCUT2D eigenvalue weighted by atomic mass is 9.58. The fourth-order valence-electron chi connectivity index (χ4n) is 4.05. The SMILES string of the molecule is F[B-](F)(F)[C@@H]1[C@H]2CC[C@@H](C2)[C@H]1c1ccccc1. The summed E-state index contributed by atoms with van der Waals surface area (Å²) in [7, 11) is 0. The lowest BCUT2D eigenvalue weighted by Gasteiger charge is -2.38. The minimum absolute atomic E-state index is 0.106. The average molecular weight is 239 g/mol. The zero-order valence-corrected chi connectivity index (χ0v) is 9.53. The van der Waals surface area contributed by atoms with Crippen molar-refractivity contribution in [2.75, 3.05) is 0 Å². The number of hydrogen-bond acceptors (Lipinski definition) is 0. The molecule has 0 aliphatic heterocycles. The van der Waals surface area contributed by atoms with Gasteiger partial charge in [-0.15, -0.1) is 0 Å². The Kier molecular flexibility index (Phi) is 2.49. The monoisotopic (exact) mass is 239 g/mol. The maximum absolute atomic E-state index is 13.2. The lowest BCUT2D eigenvalue weighted by Crippen LogP contribution is -2.33. The fourth-order valence-corrected chi connectivity index (χ4v) is 4.05. The van der Waals surface area contributed by atoms with Crippen molar-refractivity contribution in [1.29, 1.82) is 0 Å². The van der Waals surface area contributed by atoms with E-state index in [1.165, 1.54) is 0 Å². The summed E-state index contributed by atoms with van der Waals surface area (Å²) in [6.07, 6.45) is 2.54. The Labute approximate surface area is 99.3 Å². The molecule has 0 saturated heterocycles. The Morgan fingerprint density at radius 3 is 2.24 bits per heavy atom. The van der Waals surface area contributed by atoms with Crippen LogP contribution in [0.5, 0.6) is 0 Å². The van der Waals surface area contributed by atoms with Crippen molar-refractivity contribution in [3.05, 3.63) is 35.9 Å². The first kappa shape index (κ1) is 11.2. The lowest BCUT2D eigenvalue weighted by molar-refractivity contribution is 0.332. The van der Waals surface area contributed by atoms with Gasteiger partial charge in [0, 0.05) is 0 Å². The highest BCUT2D eigenvalue weighted by Crippen LogP contribution is 2.63. The third-order valence-corrected chi connectivity index (χ3v) is 4.60. The van der Waals surface area contributed by atoms with E-state index in [0.29, 0.717) is 0 Å². The molecule has 4 heteroatoms. The van der Waals surface area contributed by atoms with Crippen LogP contribution in [0.25, 0.3) is 0 Å². The smallest absolute Gasteiger partial charge is 0.449 e. The number of benzene rings is 1. The minimum Gasteiger partial charge on any atom is -0.449 e. The molecule has 2 aliphatic rings. The maximum atomic E-state index is 13.2. The van der Waals surface area contributed by atoms with Gasteiger partial charge in [-0.1, -0.05) is 48.5 Å². The van der Waals surface area contributed by atoms with Crippen molar-refractivity contribution in [3.63, 3.8) is 0 Å². The Bertz CT molecular complexity index is 401. The van der Waals surface area contributed by atoms with Gasteiger partial charge in [0.2, 0.25) is 0 Å². The van der Waals surface area contributed by atoms with Crippen LogP contribution >= 0.6 is 0 Å². The van der Waals surface area contributed by atoms with E-state index >= 15 is 0 Å². The number of fused-ring (bicyclic) bond motifs is 2. The van der Waals surface area contributed by atoms with E-state index in [2.05, 4.69) is 0 Å². The number of rotatable bonds is 2. The highest BCUT2D eigenvalue weighted by molar-refractivity contribution is 6.60. The van der Waals surface area contributed by atoms with Crippen LogP contribution in [0.2, 0.25) is 5.82 Å². The topological polar surface area (TPSA) is 0 Å². The van der Waals surface area contributed by atoms with Gasteiger partial charge in [0.1, 0.15) is 0 Å². The molecule has 0 N–H and O–H groups in total. The van der Waals surface area contributed by atoms with Crippen LogP contribution < -0.4 is 0 Å². The molecule has 2 fully saturated rings. The van der Waals surface area contributed by atoms with Gasteiger partial charge in [-0.05, 0) is 30.2 Å². The van der Waals surface area contributed by atoms with Gasteiger partial charge in [-0.3, -0.25) is 0 Å². The molecule has 0 spiro atoms. The van der Waals surface area contributed by atoms with E-state index in [4.69, 9.17) is 0 Å².